The monoisotopic (exact) mass is 218 g/mol. The van der Waals surface area contributed by atoms with Gasteiger partial charge in [0.25, 0.3) is 0 Å². The summed E-state index contributed by atoms with van der Waals surface area (Å²) in [7, 11) is 0. The summed E-state index contributed by atoms with van der Waals surface area (Å²) < 4.78 is 0. The van der Waals surface area contributed by atoms with Gasteiger partial charge >= 0.3 is 0 Å². The van der Waals surface area contributed by atoms with E-state index in [1.165, 1.54) is 0 Å². The summed E-state index contributed by atoms with van der Waals surface area (Å²) in [5.41, 5.74) is 5.73. The Morgan fingerprint density at radius 3 is 2.71 bits per heavy atom. The zero-order chi connectivity index (χ0) is 11.0. The van der Waals surface area contributed by atoms with Crippen molar-refractivity contribution in [2.75, 3.05) is 12.0 Å². The fraction of sp³-hybridized carbons (Fsp3) is 0.900. The van der Waals surface area contributed by atoms with Gasteiger partial charge < -0.3 is 11.1 Å². The third-order valence-electron chi connectivity index (χ3n) is 2.01. The van der Waals surface area contributed by atoms with Crippen LogP contribution in [-0.2, 0) is 4.79 Å². The third-order valence-corrected chi connectivity index (χ3v) is 2.84. The molecule has 0 aromatic rings. The minimum absolute atomic E-state index is 0.0139. The first kappa shape index (κ1) is 13.8. The highest BCUT2D eigenvalue weighted by Gasteiger charge is 2.14. The summed E-state index contributed by atoms with van der Waals surface area (Å²) in [5.74, 6) is 0.923. The van der Waals surface area contributed by atoms with Gasteiger partial charge in [0, 0.05) is 11.8 Å². The van der Waals surface area contributed by atoms with E-state index in [0.717, 1.165) is 25.0 Å². The number of amides is 1. The smallest absolute Gasteiger partial charge is 0.237 e. The molecule has 0 spiro atoms. The Labute approximate surface area is 91.2 Å². The van der Waals surface area contributed by atoms with Crippen LogP contribution in [0.15, 0.2) is 0 Å². The van der Waals surface area contributed by atoms with Gasteiger partial charge in [0.2, 0.25) is 5.91 Å². The maximum atomic E-state index is 11.5. The minimum Gasteiger partial charge on any atom is -0.351 e. The molecule has 0 aliphatic heterocycles. The number of rotatable bonds is 7. The molecule has 0 saturated carbocycles. The quantitative estimate of drug-likeness (QED) is 0.678. The molecule has 0 aliphatic carbocycles. The maximum absolute atomic E-state index is 11.5. The van der Waals surface area contributed by atoms with E-state index in [1.807, 2.05) is 13.2 Å². The number of thioether (sulfide) groups is 1. The predicted molar refractivity (Wildman–Crippen MR) is 63.5 cm³/mol. The Morgan fingerprint density at radius 1 is 1.57 bits per heavy atom. The van der Waals surface area contributed by atoms with Crippen LogP contribution in [-0.4, -0.2) is 30.0 Å². The van der Waals surface area contributed by atoms with Crippen LogP contribution in [0.1, 0.15) is 33.1 Å². The van der Waals surface area contributed by atoms with Crippen LogP contribution < -0.4 is 11.1 Å². The van der Waals surface area contributed by atoms with Crippen molar-refractivity contribution in [2.24, 2.45) is 5.73 Å². The Bertz CT molecular complexity index is 164. The summed E-state index contributed by atoms with van der Waals surface area (Å²) in [6.07, 6.45) is 4.92. The van der Waals surface area contributed by atoms with Crippen LogP contribution >= 0.6 is 11.8 Å². The second kappa shape index (κ2) is 8.12. The second-order valence-corrected chi connectivity index (χ2v) is 4.52. The van der Waals surface area contributed by atoms with E-state index < -0.39 is 0 Å². The number of nitrogens with one attached hydrogen (secondary N) is 1. The summed E-state index contributed by atoms with van der Waals surface area (Å²) in [5, 5.41) is 2.90. The van der Waals surface area contributed by atoms with E-state index in [9.17, 15) is 4.79 Å². The highest BCUT2D eigenvalue weighted by atomic mass is 32.2. The Balaban J connectivity index is 3.71. The average molecular weight is 218 g/mol. The molecule has 0 rings (SSSR count). The van der Waals surface area contributed by atoms with E-state index >= 15 is 0 Å². The van der Waals surface area contributed by atoms with E-state index in [4.69, 9.17) is 5.73 Å². The molecule has 0 radical (unpaired) electrons. The van der Waals surface area contributed by atoms with E-state index in [0.29, 0.717) is 0 Å². The SMILES string of the molecule is CCCC[C@H](N)C(=O)NC(C)CSC. The molecule has 0 heterocycles. The molecule has 2 atom stereocenters. The van der Waals surface area contributed by atoms with E-state index in [2.05, 4.69) is 12.2 Å². The fourth-order valence-corrected chi connectivity index (χ4v) is 1.78. The number of carbonyl (C=O) groups excluding carboxylic acids is 1. The summed E-state index contributed by atoms with van der Waals surface area (Å²) in [4.78, 5) is 11.5. The molecule has 0 aromatic heterocycles. The highest BCUT2D eigenvalue weighted by Crippen LogP contribution is 2.00. The fourth-order valence-electron chi connectivity index (χ4n) is 1.20. The van der Waals surface area contributed by atoms with Gasteiger partial charge in [-0.1, -0.05) is 19.8 Å². The molecule has 3 N–H and O–H groups in total. The van der Waals surface area contributed by atoms with Gasteiger partial charge in [-0.25, -0.2) is 0 Å². The Morgan fingerprint density at radius 2 is 2.21 bits per heavy atom. The van der Waals surface area contributed by atoms with Crippen LogP contribution in [0, 0.1) is 0 Å². The molecular weight excluding hydrogens is 196 g/mol. The van der Waals surface area contributed by atoms with Gasteiger partial charge in [-0.2, -0.15) is 11.8 Å². The molecule has 0 fully saturated rings. The molecule has 3 nitrogen and oxygen atoms in total. The zero-order valence-corrected chi connectivity index (χ0v) is 10.2. The van der Waals surface area contributed by atoms with Gasteiger partial charge in [0.1, 0.15) is 0 Å². The van der Waals surface area contributed by atoms with Crippen LogP contribution in [0.4, 0.5) is 0 Å². The average Bonchev–Trinajstić information content (AvgIpc) is 2.14. The van der Waals surface area contributed by atoms with E-state index in [-0.39, 0.29) is 18.0 Å². The molecule has 14 heavy (non-hydrogen) atoms. The molecule has 0 aliphatic rings. The van der Waals surface area contributed by atoms with Gasteiger partial charge in [0.05, 0.1) is 6.04 Å². The summed E-state index contributed by atoms with van der Waals surface area (Å²) in [6, 6.07) is -0.121. The van der Waals surface area contributed by atoms with Crippen molar-refractivity contribution in [3.63, 3.8) is 0 Å². The van der Waals surface area contributed by atoms with Crippen molar-refractivity contribution in [1.29, 1.82) is 0 Å². The minimum atomic E-state index is -0.334. The second-order valence-electron chi connectivity index (χ2n) is 3.61. The maximum Gasteiger partial charge on any atom is 0.237 e. The van der Waals surface area contributed by atoms with Gasteiger partial charge in [-0.15, -0.1) is 0 Å². The van der Waals surface area contributed by atoms with Crippen molar-refractivity contribution >= 4 is 17.7 Å². The molecule has 0 aromatic carbocycles. The molecule has 0 bridgehead atoms. The lowest BCUT2D eigenvalue weighted by molar-refractivity contribution is -0.122. The van der Waals surface area contributed by atoms with Gasteiger partial charge in [-0.3, -0.25) is 4.79 Å². The number of hydrogen-bond donors (Lipinski definition) is 2. The molecule has 1 amide bonds. The summed E-state index contributed by atoms with van der Waals surface area (Å²) in [6.45, 7) is 4.10. The topological polar surface area (TPSA) is 55.1 Å². The van der Waals surface area contributed by atoms with E-state index in [1.54, 1.807) is 11.8 Å². The molecule has 0 saturated heterocycles. The normalized spacial score (nSPS) is 14.9. The van der Waals surface area contributed by atoms with Crippen LogP contribution in [0.3, 0.4) is 0 Å². The lowest BCUT2D eigenvalue weighted by Crippen LogP contribution is -2.45. The van der Waals surface area contributed by atoms with Crippen molar-refractivity contribution in [1.82, 2.24) is 5.32 Å². The largest absolute Gasteiger partial charge is 0.351 e. The Kier molecular flexibility index (Phi) is 7.99. The standard InChI is InChI=1S/C10H22N2OS/c1-4-5-6-9(11)10(13)12-8(2)7-14-3/h8-9H,4-7,11H2,1-3H3,(H,12,13)/t8?,9-/m0/s1. The lowest BCUT2D eigenvalue weighted by atomic mass is 10.1. The van der Waals surface area contributed by atoms with Gasteiger partial charge in [0.15, 0.2) is 0 Å². The van der Waals surface area contributed by atoms with Crippen molar-refractivity contribution < 1.29 is 4.79 Å². The van der Waals surface area contributed by atoms with Crippen molar-refractivity contribution in [3.05, 3.63) is 0 Å². The number of hydrogen-bond acceptors (Lipinski definition) is 3. The number of carbonyl (C=O) groups is 1. The number of unbranched alkanes of at least 4 members (excludes halogenated alkanes) is 1. The first-order valence-corrected chi connectivity index (χ1v) is 6.56. The van der Waals surface area contributed by atoms with Crippen LogP contribution in [0.25, 0.3) is 0 Å². The van der Waals surface area contributed by atoms with Crippen LogP contribution in [0.2, 0.25) is 0 Å². The zero-order valence-electron chi connectivity index (χ0n) is 9.38. The summed E-state index contributed by atoms with van der Waals surface area (Å²) >= 11 is 1.73. The first-order valence-electron chi connectivity index (χ1n) is 5.16. The third kappa shape index (κ3) is 6.27. The molecule has 84 valence electrons. The van der Waals surface area contributed by atoms with Crippen molar-refractivity contribution in [2.45, 2.75) is 45.2 Å². The molecule has 1 unspecified atom stereocenters. The molecule has 4 heteroatoms. The Hall–Kier alpha value is -0.220. The lowest BCUT2D eigenvalue weighted by Gasteiger charge is -2.16. The highest BCUT2D eigenvalue weighted by molar-refractivity contribution is 7.98. The number of nitrogens with two attached hydrogens (primary N) is 1. The first-order chi connectivity index (χ1) is 6.61. The van der Waals surface area contributed by atoms with Crippen LogP contribution in [0.5, 0.6) is 0 Å². The van der Waals surface area contributed by atoms with Gasteiger partial charge in [-0.05, 0) is 19.6 Å². The molecular formula is C10H22N2OS. The predicted octanol–water partition coefficient (Wildman–Crippen LogP) is 1.37. The van der Waals surface area contributed by atoms with Crippen molar-refractivity contribution in [3.8, 4) is 0 Å².